The average Bonchev–Trinajstić information content (AvgIpc) is 2.40. The number of hydrogen-bond donors (Lipinski definition) is 1. The third-order valence-corrected chi connectivity index (χ3v) is 3.63. The second-order valence-electron chi connectivity index (χ2n) is 4.19. The van der Waals surface area contributed by atoms with E-state index < -0.39 is 16.4 Å². The first-order valence-corrected chi connectivity index (χ1v) is 7.34. The zero-order valence-corrected chi connectivity index (χ0v) is 10.9. The maximum atomic E-state index is 11.5. The van der Waals surface area contributed by atoms with Crippen LogP contribution in [0.1, 0.15) is 11.1 Å². The minimum Gasteiger partial charge on any atom is -0.379 e. The summed E-state index contributed by atoms with van der Waals surface area (Å²) in [7, 11) is -1.11. The predicted molar refractivity (Wildman–Crippen MR) is 72.6 cm³/mol. The molecule has 0 aliphatic heterocycles. The molecule has 1 heterocycles. The van der Waals surface area contributed by atoms with Crippen molar-refractivity contribution in [3.63, 3.8) is 0 Å². The van der Waals surface area contributed by atoms with Crippen LogP contribution in [0.15, 0.2) is 54.9 Å². The Hall–Kier alpha value is -1.52. The number of rotatable bonds is 4. The summed E-state index contributed by atoms with van der Waals surface area (Å²) in [4.78, 5) is 4.02. The normalized spacial score (nSPS) is 15.9. The molecule has 0 radical (unpaired) electrons. The average molecular weight is 261 g/mol. The van der Waals surface area contributed by atoms with E-state index in [2.05, 4.69) is 4.98 Å². The molecule has 0 aliphatic carbocycles. The van der Waals surface area contributed by atoms with Gasteiger partial charge in [-0.15, -0.1) is 0 Å². The van der Waals surface area contributed by atoms with E-state index in [-0.39, 0.29) is 5.75 Å². The fourth-order valence-corrected chi connectivity index (χ4v) is 2.87. The third kappa shape index (κ3) is 2.66. The van der Waals surface area contributed by atoms with Crippen LogP contribution < -0.4 is 0 Å². The van der Waals surface area contributed by atoms with Crippen LogP contribution in [-0.2, 0) is 16.4 Å². The van der Waals surface area contributed by atoms with Gasteiger partial charge in [0, 0.05) is 35.0 Å². The topological polar surface area (TPSA) is 50.2 Å². The Bertz CT molecular complexity index is 489. The van der Waals surface area contributed by atoms with Crippen LogP contribution >= 0.6 is 0 Å². The summed E-state index contributed by atoms with van der Waals surface area (Å²) >= 11 is 0. The fraction of sp³-hybridized carbons (Fsp3) is 0.214. The summed E-state index contributed by atoms with van der Waals surface area (Å²) in [5.74, 6) is 0.155. The summed E-state index contributed by atoms with van der Waals surface area (Å²) in [6, 6.07) is 12.8. The van der Waals surface area contributed by atoms with Gasteiger partial charge in [0.2, 0.25) is 0 Å². The molecule has 0 unspecified atom stereocenters. The molecule has 0 bridgehead atoms. The van der Waals surface area contributed by atoms with E-state index >= 15 is 0 Å². The van der Waals surface area contributed by atoms with Crippen molar-refractivity contribution in [1.29, 1.82) is 0 Å². The Morgan fingerprint density at radius 3 is 2.39 bits per heavy atom. The van der Waals surface area contributed by atoms with Crippen LogP contribution in [-0.4, -0.2) is 26.3 Å². The van der Waals surface area contributed by atoms with Gasteiger partial charge >= 0.3 is 0 Å². The zero-order chi connectivity index (χ0) is 13.0. The highest BCUT2D eigenvalue weighted by Crippen LogP contribution is 2.29. The molecule has 94 valence electrons. The molecule has 2 aromatic rings. The van der Waals surface area contributed by atoms with Crippen molar-refractivity contribution in [3.05, 3.63) is 66.0 Å². The van der Waals surface area contributed by atoms with Crippen molar-refractivity contribution in [1.82, 2.24) is 4.98 Å². The van der Waals surface area contributed by atoms with Gasteiger partial charge in [-0.25, -0.2) is 0 Å². The van der Waals surface area contributed by atoms with Crippen LogP contribution in [0, 0.1) is 0 Å². The molecule has 0 fully saturated rings. The van der Waals surface area contributed by atoms with Gasteiger partial charge in [0.1, 0.15) is 5.60 Å². The predicted octanol–water partition coefficient (Wildman–Crippen LogP) is 1.70. The maximum Gasteiger partial charge on any atom is 0.128 e. The van der Waals surface area contributed by atoms with Crippen molar-refractivity contribution in [2.24, 2.45) is 0 Å². The zero-order valence-electron chi connectivity index (χ0n) is 10.1. The summed E-state index contributed by atoms with van der Waals surface area (Å²) < 4.78 is 11.5. The Labute approximate surface area is 109 Å². The number of benzene rings is 1. The van der Waals surface area contributed by atoms with Crippen molar-refractivity contribution in [2.75, 3.05) is 12.0 Å². The molecule has 3 nitrogen and oxygen atoms in total. The highest BCUT2D eigenvalue weighted by atomic mass is 32.2. The highest BCUT2D eigenvalue weighted by molar-refractivity contribution is 7.84. The first-order valence-electron chi connectivity index (χ1n) is 5.61. The molecule has 2 rings (SSSR count). The smallest absolute Gasteiger partial charge is 0.128 e. The molecule has 18 heavy (non-hydrogen) atoms. The fourth-order valence-electron chi connectivity index (χ4n) is 1.95. The molecule has 0 saturated heterocycles. The lowest BCUT2D eigenvalue weighted by atomic mass is 9.89. The monoisotopic (exact) mass is 261 g/mol. The molecule has 4 heteroatoms. The number of aliphatic hydroxyl groups is 1. The van der Waals surface area contributed by atoms with Gasteiger partial charge < -0.3 is 5.11 Å². The summed E-state index contributed by atoms with van der Waals surface area (Å²) in [6.07, 6.45) is 4.85. The molecule has 0 amide bonds. The van der Waals surface area contributed by atoms with Crippen LogP contribution in [0.4, 0.5) is 0 Å². The maximum absolute atomic E-state index is 11.5. The molecule has 2 atom stereocenters. The first-order chi connectivity index (χ1) is 8.63. The largest absolute Gasteiger partial charge is 0.379 e. The molecule has 1 aromatic carbocycles. The lowest BCUT2D eigenvalue weighted by Gasteiger charge is -2.28. The third-order valence-electron chi connectivity index (χ3n) is 2.80. The number of pyridine rings is 1. The van der Waals surface area contributed by atoms with E-state index in [1.807, 2.05) is 30.3 Å². The lowest BCUT2D eigenvalue weighted by Crippen LogP contribution is -2.33. The molecular weight excluding hydrogens is 246 g/mol. The van der Waals surface area contributed by atoms with Gasteiger partial charge in [0.15, 0.2) is 0 Å². The lowest BCUT2D eigenvalue weighted by molar-refractivity contribution is 0.106. The Morgan fingerprint density at radius 1 is 1.17 bits per heavy atom. The van der Waals surface area contributed by atoms with Crippen molar-refractivity contribution in [2.45, 2.75) is 5.60 Å². The van der Waals surface area contributed by atoms with E-state index in [9.17, 15) is 9.32 Å². The quantitative estimate of drug-likeness (QED) is 0.911. The molecule has 1 N–H and O–H groups in total. The second kappa shape index (κ2) is 5.42. The van der Waals surface area contributed by atoms with Gasteiger partial charge in [0.05, 0.1) is 5.75 Å². The van der Waals surface area contributed by atoms with Gasteiger partial charge in [-0.2, -0.15) is 0 Å². The van der Waals surface area contributed by atoms with Crippen LogP contribution in [0.5, 0.6) is 0 Å². The Morgan fingerprint density at radius 2 is 1.83 bits per heavy atom. The van der Waals surface area contributed by atoms with Gasteiger partial charge in [0.25, 0.3) is 0 Å². The van der Waals surface area contributed by atoms with Gasteiger partial charge in [-0.1, -0.05) is 36.4 Å². The molecular formula is C14H15NO2S. The van der Waals surface area contributed by atoms with E-state index in [1.54, 1.807) is 30.8 Å². The molecule has 0 aliphatic rings. The second-order valence-corrected chi connectivity index (χ2v) is 5.62. The Balaban J connectivity index is 2.51. The SMILES string of the molecule is C[S@](=O)C[C@](O)(c1ccccc1)c1cccnc1. The van der Waals surface area contributed by atoms with Crippen LogP contribution in [0.25, 0.3) is 0 Å². The molecule has 0 saturated carbocycles. The summed E-state index contributed by atoms with van der Waals surface area (Å²) in [5, 5.41) is 10.9. The van der Waals surface area contributed by atoms with Gasteiger partial charge in [-0.3, -0.25) is 9.19 Å². The van der Waals surface area contributed by atoms with Crippen molar-refractivity contribution >= 4 is 10.8 Å². The summed E-state index contributed by atoms with van der Waals surface area (Å²) in [5.41, 5.74) is 0.134. The minimum absolute atomic E-state index is 0.155. The Kier molecular flexibility index (Phi) is 3.89. The first kappa shape index (κ1) is 12.9. The summed E-state index contributed by atoms with van der Waals surface area (Å²) in [6.45, 7) is 0. The van der Waals surface area contributed by atoms with Crippen molar-refractivity contribution < 1.29 is 9.32 Å². The standard InChI is InChI=1S/C14H15NO2S/c1-18(17)11-14(16,12-6-3-2-4-7-12)13-8-5-9-15-10-13/h2-10,16H,11H2,1H3/t14-,18-/m0/s1. The number of nitrogens with zero attached hydrogens (tertiary/aromatic N) is 1. The van der Waals surface area contributed by atoms with Crippen LogP contribution in [0.2, 0.25) is 0 Å². The molecule has 1 aromatic heterocycles. The van der Waals surface area contributed by atoms with Crippen LogP contribution in [0.3, 0.4) is 0 Å². The van der Waals surface area contributed by atoms with Gasteiger partial charge in [-0.05, 0) is 11.6 Å². The van der Waals surface area contributed by atoms with E-state index in [4.69, 9.17) is 0 Å². The van der Waals surface area contributed by atoms with E-state index in [0.717, 1.165) is 5.56 Å². The highest BCUT2D eigenvalue weighted by Gasteiger charge is 2.32. The van der Waals surface area contributed by atoms with Crippen molar-refractivity contribution in [3.8, 4) is 0 Å². The molecule has 0 spiro atoms. The number of hydrogen-bond acceptors (Lipinski definition) is 3. The van der Waals surface area contributed by atoms with E-state index in [0.29, 0.717) is 5.56 Å². The minimum atomic E-state index is -1.25. The van der Waals surface area contributed by atoms with E-state index in [1.165, 1.54) is 0 Å². The number of aromatic nitrogens is 1.